The van der Waals surface area contributed by atoms with Gasteiger partial charge in [-0.2, -0.15) is 0 Å². The van der Waals surface area contributed by atoms with Gasteiger partial charge in [-0.15, -0.1) is 22.7 Å². The molecule has 0 bridgehead atoms. The maximum Gasteiger partial charge on any atom is 0.270 e. The Labute approximate surface area is 133 Å². The Balaban J connectivity index is 1.62. The van der Waals surface area contributed by atoms with Crippen molar-refractivity contribution in [2.75, 3.05) is 13.2 Å². The van der Waals surface area contributed by atoms with Crippen LogP contribution >= 0.6 is 38.6 Å². The monoisotopic (exact) mass is 372 g/mol. The zero-order valence-corrected chi connectivity index (χ0v) is 13.8. The number of rotatable bonds is 4. The van der Waals surface area contributed by atoms with Crippen LogP contribution < -0.4 is 5.32 Å². The molecule has 1 aliphatic rings. The fourth-order valence-corrected chi connectivity index (χ4v) is 4.33. The molecule has 0 aliphatic carbocycles. The second-order valence-electron chi connectivity index (χ2n) is 4.51. The number of hydrogen-bond donors (Lipinski definition) is 1. The van der Waals surface area contributed by atoms with E-state index in [1.54, 1.807) is 16.7 Å². The van der Waals surface area contributed by atoms with Crippen molar-refractivity contribution in [3.05, 3.63) is 27.0 Å². The van der Waals surface area contributed by atoms with Crippen LogP contribution in [-0.2, 0) is 4.74 Å². The number of aromatic nitrogens is 1. The topological polar surface area (TPSA) is 51.2 Å². The average molecular weight is 373 g/mol. The molecular formula is C13H13BrN2O2S2. The van der Waals surface area contributed by atoms with Crippen molar-refractivity contribution in [1.29, 1.82) is 0 Å². The fourth-order valence-electron chi connectivity index (χ4n) is 2.02. The Morgan fingerprint density at radius 3 is 3.10 bits per heavy atom. The van der Waals surface area contributed by atoms with Crippen LogP contribution in [0.3, 0.4) is 0 Å². The van der Waals surface area contributed by atoms with Crippen LogP contribution in [0.15, 0.2) is 21.3 Å². The SMILES string of the molecule is O=C(NC[C@@H]1CCCO1)c1csc(-c2cc(Br)cs2)n1. The zero-order valence-electron chi connectivity index (χ0n) is 10.6. The van der Waals surface area contributed by atoms with Gasteiger partial charge in [-0.05, 0) is 34.8 Å². The average Bonchev–Trinajstić information content (AvgIpc) is 3.16. The number of carbonyl (C=O) groups excluding carboxylic acids is 1. The highest BCUT2D eigenvalue weighted by molar-refractivity contribution is 9.10. The van der Waals surface area contributed by atoms with E-state index in [1.165, 1.54) is 11.3 Å². The maximum atomic E-state index is 12.0. The van der Waals surface area contributed by atoms with E-state index >= 15 is 0 Å². The van der Waals surface area contributed by atoms with Gasteiger partial charge >= 0.3 is 0 Å². The van der Waals surface area contributed by atoms with Crippen molar-refractivity contribution in [3.63, 3.8) is 0 Å². The Morgan fingerprint density at radius 1 is 1.50 bits per heavy atom. The standard InChI is InChI=1S/C13H13BrN2O2S2/c14-8-4-11(19-6-8)13-16-10(7-20-13)12(17)15-5-9-2-1-3-18-9/h4,6-7,9H,1-3,5H2,(H,15,17)/t9-/m0/s1. The second-order valence-corrected chi connectivity index (χ2v) is 7.20. The van der Waals surface area contributed by atoms with Gasteiger partial charge in [0.25, 0.3) is 5.91 Å². The Bertz CT molecular complexity index is 605. The molecule has 20 heavy (non-hydrogen) atoms. The summed E-state index contributed by atoms with van der Waals surface area (Å²) in [5, 5.41) is 7.57. The van der Waals surface area contributed by atoms with Gasteiger partial charge in [0.15, 0.2) is 0 Å². The number of nitrogens with one attached hydrogen (secondary N) is 1. The first-order chi connectivity index (χ1) is 9.72. The summed E-state index contributed by atoms with van der Waals surface area (Å²) < 4.78 is 6.52. The highest BCUT2D eigenvalue weighted by Gasteiger charge is 2.18. The van der Waals surface area contributed by atoms with E-state index < -0.39 is 0 Å². The first kappa shape index (κ1) is 14.2. The molecule has 2 aromatic rings. The van der Waals surface area contributed by atoms with Crippen molar-refractivity contribution in [2.45, 2.75) is 18.9 Å². The minimum Gasteiger partial charge on any atom is -0.376 e. The highest BCUT2D eigenvalue weighted by atomic mass is 79.9. The minimum atomic E-state index is -0.126. The second kappa shape index (κ2) is 6.34. The lowest BCUT2D eigenvalue weighted by Crippen LogP contribution is -2.31. The number of nitrogens with zero attached hydrogens (tertiary/aromatic N) is 1. The number of carbonyl (C=O) groups is 1. The van der Waals surface area contributed by atoms with Crippen LogP contribution in [0, 0.1) is 0 Å². The van der Waals surface area contributed by atoms with E-state index in [9.17, 15) is 4.79 Å². The molecule has 106 valence electrons. The summed E-state index contributed by atoms with van der Waals surface area (Å²) in [5.41, 5.74) is 0.479. The lowest BCUT2D eigenvalue weighted by molar-refractivity contribution is 0.0854. The van der Waals surface area contributed by atoms with Gasteiger partial charge in [-0.3, -0.25) is 4.79 Å². The fraction of sp³-hybridized carbons (Fsp3) is 0.385. The van der Waals surface area contributed by atoms with E-state index in [4.69, 9.17) is 4.74 Å². The van der Waals surface area contributed by atoms with Gasteiger partial charge < -0.3 is 10.1 Å². The molecule has 3 heterocycles. The summed E-state index contributed by atoms with van der Waals surface area (Å²) in [6.45, 7) is 1.37. The molecular weight excluding hydrogens is 360 g/mol. The summed E-state index contributed by atoms with van der Waals surface area (Å²) in [7, 11) is 0. The molecule has 1 atom stereocenters. The molecule has 0 unspecified atom stereocenters. The molecule has 2 aromatic heterocycles. The number of halogens is 1. The van der Waals surface area contributed by atoms with E-state index in [1.807, 2.05) is 11.4 Å². The van der Waals surface area contributed by atoms with Crippen LogP contribution in [0.25, 0.3) is 9.88 Å². The number of thiophene rings is 1. The zero-order chi connectivity index (χ0) is 13.9. The molecule has 0 radical (unpaired) electrons. The summed E-state index contributed by atoms with van der Waals surface area (Å²) in [4.78, 5) is 17.5. The molecule has 1 N–H and O–H groups in total. The maximum absolute atomic E-state index is 12.0. The van der Waals surface area contributed by atoms with Gasteiger partial charge in [0.05, 0.1) is 11.0 Å². The summed E-state index contributed by atoms with van der Waals surface area (Å²) in [6, 6.07) is 2.01. The summed E-state index contributed by atoms with van der Waals surface area (Å²) >= 11 is 6.52. The van der Waals surface area contributed by atoms with Crippen LogP contribution in [0.4, 0.5) is 0 Å². The first-order valence-electron chi connectivity index (χ1n) is 6.32. The van der Waals surface area contributed by atoms with Gasteiger partial charge in [0.2, 0.25) is 0 Å². The summed E-state index contributed by atoms with van der Waals surface area (Å²) in [6.07, 6.45) is 2.26. The van der Waals surface area contributed by atoms with E-state index in [0.29, 0.717) is 12.2 Å². The van der Waals surface area contributed by atoms with Crippen molar-refractivity contribution >= 4 is 44.5 Å². The third-order valence-corrected chi connectivity index (χ3v) is 5.73. The number of amides is 1. The third kappa shape index (κ3) is 3.28. The van der Waals surface area contributed by atoms with Gasteiger partial charge in [0, 0.05) is 28.4 Å². The summed E-state index contributed by atoms with van der Waals surface area (Å²) in [5.74, 6) is -0.126. The van der Waals surface area contributed by atoms with Gasteiger partial charge in [-0.25, -0.2) is 4.98 Å². The van der Waals surface area contributed by atoms with Crippen LogP contribution in [0.2, 0.25) is 0 Å². The molecule has 1 fully saturated rings. The number of hydrogen-bond acceptors (Lipinski definition) is 5. The lowest BCUT2D eigenvalue weighted by Gasteiger charge is -2.09. The smallest absolute Gasteiger partial charge is 0.270 e. The molecule has 4 nitrogen and oxygen atoms in total. The third-order valence-electron chi connectivity index (χ3n) is 3.03. The largest absolute Gasteiger partial charge is 0.376 e. The van der Waals surface area contributed by atoms with Crippen LogP contribution in [-0.4, -0.2) is 30.1 Å². The predicted molar refractivity (Wildman–Crippen MR) is 84.4 cm³/mol. The molecule has 0 saturated carbocycles. The highest BCUT2D eigenvalue weighted by Crippen LogP contribution is 2.31. The van der Waals surface area contributed by atoms with Crippen LogP contribution in [0.1, 0.15) is 23.3 Å². The normalized spacial score (nSPS) is 18.4. The van der Waals surface area contributed by atoms with E-state index in [2.05, 4.69) is 26.2 Å². The number of ether oxygens (including phenoxy) is 1. The molecule has 7 heteroatoms. The number of thiazole rings is 1. The Kier molecular flexibility index (Phi) is 4.50. The molecule has 0 spiro atoms. The van der Waals surface area contributed by atoms with Crippen molar-refractivity contribution < 1.29 is 9.53 Å². The van der Waals surface area contributed by atoms with Crippen molar-refractivity contribution in [2.24, 2.45) is 0 Å². The lowest BCUT2D eigenvalue weighted by atomic mass is 10.2. The van der Waals surface area contributed by atoms with Crippen molar-refractivity contribution in [3.8, 4) is 9.88 Å². The Hall–Kier alpha value is -0.760. The molecule has 1 amide bonds. The van der Waals surface area contributed by atoms with Crippen molar-refractivity contribution in [1.82, 2.24) is 10.3 Å². The van der Waals surface area contributed by atoms with Crippen LogP contribution in [0.5, 0.6) is 0 Å². The Morgan fingerprint density at radius 2 is 2.40 bits per heavy atom. The first-order valence-corrected chi connectivity index (χ1v) is 8.87. The molecule has 1 saturated heterocycles. The van der Waals surface area contributed by atoms with Gasteiger partial charge in [0.1, 0.15) is 10.7 Å². The minimum absolute atomic E-state index is 0.126. The molecule has 0 aromatic carbocycles. The van der Waals surface area contributed by atoms with E-state index in [-0.39, 0.29) is 12.0 Å². The van der Waals surface area contributed by atoms with E-state index in [0.717, 1.165) is 33.8 Å². The molecule has 1 aliphatic heterocycles. The predicted octanol–water partition coefficient (Wildman–Crippen LogP) is 3.54. The van der Waals surface area contributed by atoms with Gasteiger partial charge in [-0.1, -0.05) is 0 Å². The molecule has 3 rings (SSSR count). The quantitative estimate of drug-likeness (QED) is 0.892.